The molecule has 0 N–H and O–H groups in total. The molecule has 0 atom stereocenters. The number of halogens is 2. The molecule has 1 aliphatic heterocycles. The summed E-state index contributed by atoms with van der Waals surface area (Å²) in [7, 11) is -4.23. The number of carbonyl (C=O) groups is 1. The molecule has 12 heteroatoms. The van der Waals surface area contributed by atoms with Crippen molar-refractivity contribution in [1.82, 2.24) is 9.55 Å². The highest BCUT2D eigenvalue weighted by Gasteiger charge is 2.29. The van der Waals surface area contributed by atoms with Gasteiger partial charge in [-0.15, -0.1) is 0 Å². The normalized spacial score (nSPS) is 14.2. The van der Waals surface area contributed by atoms with Gasteiger partial charge in [0.2, 0.25) is 0 Å². The number of hydrogen-bond acceptors (Lipinski definition) is 7. The monoisotopic (exact) mass is 631 g/mol. The molecule has 2 aromatic heterocycles. The van der Waals surface area contributed by atoms with E-state index >= 15 is 0 Å². The average molecular weight is 633 g/mol. The second kappa shape index (κ2) is 13.3. The van der Waals surface area contributed by atoms with Crippen LogP contribution in [-0.2, 0) is 24.3 Å². The van der Waals surface area contributed by atoms with Crippen LogP contribution in [0.1, 0.15) is 32.6 Å². The highest BCUT2D eigenvalue weighted by molar-refractivity contribution is 7.92. The van der Waals surface area contributed by atoms with Crippen molar-refractivity contribution in [3.63, 3.8) is 0 Å². The summed E-state index contributed by atoms with van der Waals surface area (Å²) < 4.78 is 47.2. The number of aromatic nitrogens is 2. The summed E-state index contributed by atoms with van der Waals surface area (Å²) >= 11 is 12.2. The number of ether oxygens (including phenoxy) is 3. The lowest BCUT2D eigenvalue weighted by Gasteiger charge is -2.24. The van der Waals surface area contributed by atoms with Crippen LogP contribution in [0.3, 0.4) is 0 Å². The molecule has 5 rings (SSSR count). The fourth-order valence-electron chi connectivity index (χ4n) is 4.67. The molecule has 3 heterocycles. The molecular formula is C30H31Cl2N3O6S. The van der Waals surface area contributed by atoms with Crippen molar-refractivity contribution in [2.75, 3.05) is 30.7 Å². The minimum atomic E-state index is -4.23. The van der Waals surface area contributed by atoms with Crippen LogP contribution < -0.4 is 9.04 Å². The molecule has 1 aliphatic rings. The smallest absolute Gasteiger partial charge is 0.326 e. The van der Waals surface area contributed by atoms with Crippen molar-refractivity contribution in [1.29, 1.82) is 0 Å². The zero-order valence-electron chi connectivity index (χ0n) is 23.0. The third-order valence-corrected chi connectivity index (χ3v) is 9.05. The van der Waals surface area contributed by atoms with E-state index in [4.69, 9.17) is 37.4 Å². The van der Waals surface area contributed by atoms with Crippen LogP contribution in [0.2, 0.25) is 10.0 Å². The van der Waals surface area contributed by atoms with Crippen LogP contribution in [0.5, 0.6) is 5.75 Å². The SMILES string of the molecule is CCCCOC(=O)CN(c1ccc2c(ccn2-c2ccc(OC3CCOCC3)cn2)c1)S(=O)(=O)c1cc(Cl)cc(Cl)c1. The highest BCUT2D eigenvalue weighted by Crippen LogP contribution is 2.31. The van der Waals surface area contributed by atoms with Gasteiger partial charge in [-0.1, -0.05) is 36.5 Å². The number of sulfonamides is 1. The van der Waals surface area contributed by atoms with Crippen LogP contribution in [0.4, 0.5) is 5.69 Å². The predicted octanol–water partition coefficient (Wildman–Crippen LogP) is 6.43. The van der Waals surface area contributed by atoms with Gasteiger partial charge >= 0.3 is 5.97 Å². The topological polar surface area (TPSA) is 100.0 Å². The summed E-state index contributed by atoms with van der Waals surface area (Å²) in [5, 5.41) is 1.08. The fraction of sp³-hybridized carbons (Fsp3) is 0.333. The van der Waals surface area contributed by atoms with Gasteiger partial charge in [-0.25, -0.2) is 13.4 Å². The quantitative estimate of drug-likeness (QED) is 0.139. The van der Waals surface area contributed by atoms with E-state index in [1.165, 1.54) is 18.2 Å². The molecule has 2 aromatic carbocycles. The summed E-state index contributed by atoms with van der Waals surface area (Å²) in [6.07, 6.45) is 6.87. The highest BCUT2D eigenvalue weighted by atomic mass is 35.5. The van der Waals surface area contributed by atoms with Crippen LogP contribution in [0.25, 0.3) is 16.7 Å². The maximum absolute atomic E-state index is 13.8. The number of anilines is 1. The Hall–Kier alpha value is -3.31. The van der Waals surface area contributed by atoms with E-state index in [0.717, 1.165) is 34.5 Å². The van der Waals surface area contributed by atoms with E-state index in [1.807, 2.05) is 35.9 Å². The molecule has 4 aromatic rings. The number of hydrogen-bond donors (Lipinski definition) is 0. The van der Waals surface area contributed by atoms with E-state index in [2.05, 4.69) is 4.98 Å². The van der Waals surface area contributed by atoms with Gasteiger partial charge in [-0.3, -0.25) is 9.10 Å². The first kappa shape index (κ1) is 30.2. The van der Waals surface area contributed by atoms with Crippen LogP contribution >= 0.6 is 23.2 Å². The minimum Gasteiger partial charge on any atom is -0.489 e. The summed E-state index contributed by atoms with van der Waals surface area (Å²) in [4.78, 5) is 17.2. The van der Waals surface area contributed by atoms with Crippen LogP contribution in [0.15, 0.2) is 71.9 Å². The van der Waals surface area contributed by atoms with Gasteiger partial charge in [0.1, 0.15) is 24.2 Å². The van der Waals surface area contributed by atoms with Crippen LogP contribution in [0, 0.1) is 0 Å². The number of pyridine rings is 1. The first-order valence-electron chi connectivity index (χ1n) is 13.7. The number of fused-ring (bicyclic) bond motifs is 1. The Morgan fingerprint density at radius 1 is 1.07 bits per heavy atom. The molecule has 0 unspecified atom stereocenters. The standard InChI is InChI=1S/C30H31Cl2N3O6S/c1-2-3-12-40-30(36)20-35(42(37,38)27-17-22(31)16-23(32)18-27)24-4-6-28-21(15-24)8-11-34(28)29-7-5-26(19-33-29)41-25-9-13-39-14-10-25/h4-8,11,15-19,25H,2-3,9-10,12-14,20H2,1H3. The molecule has 0 radical (unpaired) electrons. The van der Waals surface area contributed by atoms with E-state index in [-0.39, 0.29) is 33.3 Å². The number of carbonyl (C=O) groups excluding carboxylic acids is 1. The molecule has 222 valence electrons. The molecule has 0 saturated carbocycles. The van der Waals surface area contributed by atoms with Crippen molar-refractivity contribution >= 4 is 55.8 Å². The van der Waals surface area contributed by atoms with E-state index in [9.17, 15) is 13.2 Å². The second-order valence-electron chi connectivity index (χ2n) is 9.90. The zero-order valence-corrected chi connectivity index (χ0v) is 25.4. The molecule has 0 amide bonds. The van der Waals surface area contributed by atoms with Crippen LogP contribution in [-0.4, -0.2) is 56.4 Å². The molecular weight excluding hydrogens is 601 g/mol. The van der Waals surface area contributed by atoms with Gasteiger partial charge in [0.15, 0.2) is 0 Å². The summed E-state index contributed by atoms with van der Waals surface area (Å²) in [5.74, 6) is 0.705. The number of esters is 1. The first-order chi connectivity index (χ1) is 20.2. The molecule has 1 saturated heterocycles. The fourth-order valence-corrected chi connectivity index (χ4v) is 6.80. The van der Waals surface area contributed by atoms with Gasteiger partial charge in [0.05, 0.1) is 42.1 Å². The third-order valence-electron chi connectivity index (χ3n) is 6.86. The number of unbranched alkanes of at least 4 members (excludes halogenated alkanes) is 1. The molecule has 0 aliphatic carbocycles. The van der Waals surface area contributed by atoms with Crippen molar-refractivity contribution in [2.24, 2.45) is 0 Å². The van der Waals surface area contributed by atoms with Gasteiger partial charge in [0.25, 0.3) is 10.0 Å². The Labute approximate surface area is 255 Å². The lowest BCUT2D eigenvalue weighted by atomic mass is 10.1. The zero-order chi connectivity index (χ0) is 29.7. The van der Waals surface area contributed by atoms with Crippen molar-refractivity contribution in [3.05, 3.63) is 77.0 Å². The van der Waals surface area contributed by atoms with Crippen molar-refractivity contribution in [2.45, 2.75) is 43.6 Å². The van der Waals surface area contributed by atoms with Gasteiger partial charge in [-0.2, -0.15) is 0 Å². The second-order valence-corrected chi connectivity index (χ2v) is 12.6. The lowest BCUT2D eigenvalue weighted by Crippen LogP contribution is -2.36. The average Bonchev–Trinajstić information content (AvgIpc) is 3.40. The van der Waals surface area contributed by atoms with E-state index in [0.29, 0.717) is 31.2 Å². The number of rotatable bonds is 11. The Kier molecular flexibility index (Phi) is 9.57. The Bertz CT molecular complexity index is 1630. The largest absolute Gasteiger partial charge is 0.489 e. The maximum atomic E-state index is 13.8. The van der Waals surface area contributed by atoms with Crippen molar-refractivity contribution in [3.8, 4) is 11.6 Å². The molecule has 9 nitrogen and oxygen atoms in total. The molecule has 0 spiro atoms. The number of benzene rings is 2. The molecule has 0 bridgehead atoms. The van der Waals surface area contributed by atoms with E-state index in [1.54, 1.807) is 24.4 Å². The van der Waals surface area contributed by atoms with Gasteiger partial charge < -0.3 is 18.8 Å². The summed E-state index contributed by atoms with van der Waals surface area (Å²) in [6, 6.07) is 14.8. The van der Waals surface area contributed by atoms with Gasteiger partial charge in [0, 0.05) is 34.5 Å². The van der Waals surface area contributed by atoms with Crippen molar-refractivity contribution < 1.29 is 27.4 Å². The lowest BCUT2D eigenvalue weighted by molar-refractivity contribution is -0.141. The van der Waals surface area contributed by atoms with E-state index < -0.39 is 22.5 Å². The summed E-state index contributed by atoms with van der Waals surface area (Å²) in [6.45, 7) is 3.05. The molecule has 42 heavy (non-hydrogen) atoms. The maximum Gasteiger partial charge on any atom is 0.326 e. The van der Waals surface area contributed by atoms with Gasteiger partial charge in [-0.05, 0) is 61.0 Å². The predicted molar refractivity (Wildman–Crippen MR) is 162 cm³/mol. The Morgan fingerprint density at radius 3 is 2.52 bits per heavy atom. The summed E-state index contributed by atoms with van der Waals surface area (Å²) in [5.41, 5.74) is 1.09. The third kappa shape index (κ3) is 7.00. The Balaban J connectivity index is 1.44. The molecule has 1 fully saturated rings. The minimum absolute atomic E-state index is 0.114. The number of nitrogens with zero attached hydrogens (tertiary/aromatic N) is 3. The first-order valence-corrected chi connectivity index (χ1v) is 15.9. The Morgan fingerprint density at radius 2 is 1.83 bits per heavy atom.